The Labute approximate surface area is 90.4 Å². The molecule has 15 heavy (non-hydrogen) atoms. The minimum atomic E-state index is -0.533. The lowest BCUT2D eigenvalue weighted by Crippen LogP contribution is -2.12. The summed E-state index contributed by atoms with van der Waals surface area (Å²) in [6, 6.07) is 3.98. The molecule has 80 valence electrons. The number of fused-ring (bicyclic) bond motifs is 1. The van der Waals surface area contributed by atoms with Crippen LogP contribution in [0.4, 0.5) is 0 Å². The molecule has 2 saturated carbocycles. The SMILES string of the molecule is Cc1ncccc1C1(O)C2CCCCC21. The van der Waals surface area contributed by atoms with Crippen molar-refractivity contribution in [1.82, 2.24) is 4.98 Å². The van der Waals surface area contributed by atoms with Gasteiger partial charge in [-0.2, -0.15) is 0 Å². The molecule has 1 N–H and O–H groups in total. The molecule has 2 heteroatoms. The van der Waals surface area contributed by atoms with Crippen molar-refractivity contribution < 1.29 is 5.11 Å². The van der Waals surface area contributed by atoms with E-state index in [0.717, 1.165) is 11.3 Å². The number of aromatic nitrogens is 1. The monoisotopic (exact) mass is 203 g/mol. The average Bonchev–Trinajstić information content (AvgIpc) is 2.87. The fraction of sp³-hybridized carbons (Fsp3) is 0.615. The maximum atomic E-state index is 10.7. The fourth-order valence-electron chi connectivity index (χ4n) is 3.40. The van der Waals surface area contributed by atoms with Gasteiger partial charge in [0.05, 0.1) is 5.60 Å². The van der Waals surface area contributed by atoms with Crippen molar-refractivity contribution in [2.24, 2.45) is 11.8 Å². The molecule has 1 heterocycles. The minimum Gasteiger partial charge on any atom is -0.384 e. The van der Waals surface area contributed by atoms with Crippen molar-refractivity contribution in [3.8, 4) is 0 Å². The molecule has 2 nitrogen and oxygen atoms in total. The van der Waals surface area contributed by atoms with Crippen LogP contribution in [0.3, 0.4) is 0 Å². The van der Waals surface area contributed by atoms with E-state index >= 15 is 0 Å². The quantitative estimate of drug-likeness (QED) is 0.760. The van der Waals surface area contributed by atoms with Crippen molar-refractivity contribution in [2.45, 2.75) is 38.2 Å². The summed E-state index contributed by atoms with van der Waals surface area (Å²) in [7, 11) is 0. The molecular weight excluding hydrogens is 186 g/mol. The molecule has 1 aromatic rings. The number of aryl methyl sites for hydroxylation is 1. The Morgan fingerprint density at radius 1 is 1.33 bits per heavy atom. The van der Waals surface area contributed by atoms with E-state index < -0.39 is 5.60 Å². The summed E-state index contributed by atoms with van der Waals surface area (Å²) in [6.45, 7) is 2.00. The number of nitrogens with zero attached hydrogens (tertiary/aromatic N) is 1. The Bertz CT molecular complexity index is 376. The highest BCUT2D eigenvalue weighted by Gasteiger charge is 2.65. The Morgan fingerprint density at radius 3 is 2.60 bits per heavy atom. The van der Waals surface area contributed by atoms with Gasteiger partial charge in [-0.3, -0.25) is 4.98 Å². The Balaban J connectivity index is 1.98. The third-order valence-corrected chi connectivity index (χ3v) is 4.23. The van der Waals surface area contributed by atoms with Gasteiger partial charge >= 0.3 is 0 Å². The van der Waals surface area contributed by atoms with Gasteiger partial charge in [0.15, 0.2) is 0 Å². The predicted octanol–water partition coefficient (Wildman–Crippen LogP) is 2.40. The van der Waals surface area contributed by atoms with Gasteiger partial charge in [0.1, 0.15) is 0 Å². The Kier molecular flexibility index (Phi) is 1.90. The van der Waals surface area contributed by atoms with Gasteiger partial charge in [-0.15, -0.1) is 0 Å². The molecule has 3 rings (SSSR count). The first-order valence-corrected chi connectivity index (χ1v) is 5.89. The van der Waals surface area contributed by atoms with Crippen LogP contribution in [-0.2, 0) is 5.60 Å². The van der Waals surface area contributed by atoms with Gasteiger partial charge in [-0.25, -0.2) is 0 Å². The molecule has 2 unspecified atom stereocenters. The maximum absolute atomic E-state index is 10.7. The summed E-state index contributed by atoms with van der Waals surface area (Å²) in [5.41, 5.74) is 1.53. The van der Waals surface area contributed by atoms with Crippen LogP contribution in [0.2, 0.25) is 0 Å². The Hall–Kier alpha value is -0.890. The molecule has 0 saturated heterocycles. The summed E-state index contributed by atoms with van der Waals surface area (Å²) in [5, 5.41) is 10.7. The van der Waals surface area contributed by atoms with Crippen molar-refractivity contribution in [3.05, 3.63) is 29.6 Å². The molecule has 2 aliphatic rings. The van der Waals surface area contributed by atoms with Crippen LogP contribution in [0.25, 0.3) is 0 Å². The molecule has 0 aliphatic heterocycles. The highest BCUT2D eigenvalue weighted by molar-refractivity contribution is 5.35. The second-order valence-corrected chi connectivity index (χ2v) is 4.96. The molecule has 2 fully saturated rings. The highest BCUT2D eigenvalue weighted by Crippen LogP contribution is 2.64. The maximum Gasteiger partial charge on any atom is 0.0977 e. The zero-order valence-corrected chi connectivity index (χ0v) is 9.11. The molecular formula is C13H17NO. The number of aliphatic hydroxyl groups is 1. The second-order valence-electron chi connectivity index (χ2n) is 4.96. The normalized spacial score (nSPS) is 38.5. The van der Waals surface area contributed by atoms with Crippen molar-refractivity contribution >= 4 is 0 Å². The van der Waals surface area contributed by atoms with Crippen molar-refractivity contribution in [1.29, 1.82) is 0 Å². The summed E-state index contributed by atoms with van der Waals surface area (Å²) >= 11 is 0. The van der Waals surface area contributed by atoms with E-state index in [4.69, 9.17) is 0 Å². The van der Waals surface area contributed by atoms with Crippen LogP contribution in [0.5, 0.6) is 0 Å². The Morgan fingerprint density at radius 2 is 2.00 bits per heavy atom. The molecule has 0 radical (unpaired) electrons. The van der Waals surface area contributed by atoms with Gasteiger partial charge in [-0.1, -0.05) is 18.9 Å². The van der Waals surface area contributed by atoms with Crippen LogP contribution in [0.1, 0.15) is 36.9 Å². The second kappa shape index (κ2) is 3.05. The summed E-state index contributed by atoms with van der Waals surface area (Å²) in [6.07, 6.45) is 6.74. The first kappa shape index (κ1) is 9.34. The van der Waals surface area contributed by atoms with Crippen LogP contribution < -0.4 is 0 Å². The first-order valence-electron chi connectivity index (χ1n) is 5.89. The molecule has 0 spiro atoms. The van der Waals surface area contributed by atoms with Gasteiger partial charge in [-0.05, 0) is 37.7 Å². The zero-order chi connectivity index (χ0) is 10.5. The number of hydrogen-bond acceptors (Lipinski definition) is 2. The third kappa shape index (κ3) is 1.18. The van der Waals surface area contributed by atoms with Crippen LogP contribution in [0, 0.1) is 18.8 Å². The summed E-state index contributed by atoms with van der Waals surface area (Å²) in [5.74, 6) is 1.02. The summed E-state index contributed by atoms with van der Waals surface area (Å²) < 4.78 is 0. The standard InChI is InChI=1S/C13H17NO/c1-9-10(7-4-8-14-9)13(15)11-5-2-3-6-12(11)13/h4,7-8,11-12,15H,2-3,5-6H2,1H3. The van der Waals surface area contributed by atoms with E-state index in [1.165, 1.54) is 25.7 Å². The minimum absolute atomic E-state index is 0.508. The third-order valence-electron chi connectivity index (χ3n) is 4.23. The number of pyridine rings is 1. The van der Waals surface area contributed by atoms with Crippen LogP contribution >= 0.6 is 0 Å². The lowest BCUT2D eigenvalue weighted by molar-refractivity contribution is 0.117. The van der Waals surface area contributed by atoms with Crippen molar-refractivity contribution in [2.75, 3.05) is 0 Å². The number of hydrogen-bond donors (Lipinski definition) is 1. The van der Waals surface area contributed by atoms with E-state index in [-0.39, 0.29) is 0 Å². The molecule has 0 aromatic carbocycles. The average molecular weight is 203 g/mol. The van der Waals surface area contributed by atoms with Gasteiger partial charge in [0.25, 0.3) is 0 Å². The van der Waals surface area contributed by atoms with Gasteiger partial charge in [0.2, 0.25) is 0 Å². The lowest BCUT2D eigenvalue weighted by atomic mass is 10.0. The summed E-state index contributed by atoms with van der Waals surface area (Å²) in [4.78, 5) is 4.28. The zero-order valence-electron chi connectivity index (χ0n) is 9.11. The molecule has 0 amide bonds. The van der Waals surface area contributed by atoms with Gasteiger partial charge in [0, 0.05) is 17.5 Å². The van der Waals surface area contributed by atoms with E-state index in [0.29, 0.717) is 11.8 Å². The predicted molar refractivity (Wildman–Crippen MR) is 58.3 cm³/mol. The first-order chi connectivity index (χ1) is 7.24. The van der Waals surface area contributed by atoms with Gasteiger partial charge < -0.3 is 5.11 Å². The topological polar surface area (TPSA) is 33.1 Å². The number of rotatable bonds is 1. The van der Waals surface area contributed by atoms with Crippen LogP contribution in [-0.4, -0.2) is 10.1 Å². The van der Waals surface area contributed by atoms with E-state index in [2.05, 4.69) is 4.98 Å². The fourth-order valence-corrected chi connectivity index (χ4v) is 3.40. The molecule has 0 bridgehead atoms. The highest BCUT2D eigenvalue weighted by atomic mass is 16.3. The molecule has 1 aromatic heterocycles. The smallest absolute Gasteiger partial charge is 0.0977 e. The van der Waals surface area contributed by atoms with Crippen molar-refractivity contribution in [3.63, 3.8) is 0 Å². The van der Waals surface area contributed by atoms with Crippen LogP contribution in [0.15, 0.2) is 18.3 Å². The van der Waals surface area contributed by atoms with E-state index in [1.54, 1.807) is 6.20 Å². The largest absolute Gasteiger partial charge is 0.384 e. The van der Waals surface area contributed by atoms with E-state index in [9.17, 15) is 5.11 Å². The molecule has 2 atom stereocenters. The molecule has 2 aliphatic carbocycles. The lowest BCUT2D eigenvalue weighted by Gasteiger charge is -2.13. The van der Waals surface area contributed by atoms with E-state index in [1.807, 2.05) is 19.1 Å².